The topological polar surface area (TPSA) is 60.5 Å². The third-order valence-corrected chi connectivity index (χ3v) is 4.82. The van der Waals surface area contributed by atoms with Crippen LogP contribution in [0.5, 0.6) is 0 Å². The second-order valence-corrected chi connectivity index (χ2v) is 6.51. The molecule has 23 heavy (non-hydrogen) atoms. The van der Waals surface area contributed by atoms with Crippen LogP contribution in [0.2, 0.25) is 0 Å². The Morgan fingerprint density at radius 1 is 1.35 bits per heavy atom. The molecule has 0 spiro atoms. The van der Waals surface area contributed by atoms with E-state index in [2.05, 4.69) is 32.3 Å². The summed E-state index contributed by atoms with van der Waals surface area (Å²) in [6.07, 6.45) is 4.04. The summed E-state index contributed by atoms with van der Waals surface area (Å²) in [5.74, 6) is 1.18. The number of piperazine rings is 1. The monoisotopic (exact) mass is 317 g/mol. The van der Waals surface area contributed by atoms with Crippen LogP contribution in [0.25, 0.3) is 0 Å². The van der Waals surface area contributed by atoms with Crippen LogP contribution >= 0.6 is 0 Å². The van der Waals surface area contributed by atoms with Gasteiger partial charge in [-0.3, -0.25) is 9.69 Å². The van der Waals surface area contributed by atoms with Gasteiger partial charge in [0.15, 0.2) is 0 Å². The van der Waals surface area contributed by atoms with Gasteiger partial charge in [0.1, 0.15) is 5.82 Å². The molecule has 3 heterocycles. The molecule has 1 aromatic rings. The Bertz CT molecular complexity index is 501. The first-order valence-electron chi connectivity index (χ1n) is 8.63. The Hall–Kier alpha value is -1.66. The minimum Gasteiger partial charge on any atom is -0.354 e. The first kappa shape index (κ1) is 16.2. The predicted octanol–water partition coefficient (Wildman–Crippen LogP) is 0.460. The summed E-state index contributed by atoms with van der Waals surface area (Å²) in [6.45, 7) is 7.36. The fourth-order valence-corrected chi connectivity index (χ4v) is 3.37. The first-order chi connectivity index (χ1) is 11.2. The average Bonchev–Trinajstić information content (AvgIpc) is 2.58. The molecular formula is C17H27N5O. The molecule has 2 saturated heterocycles. The van der Waals surface area contributed by atoms with Crippen LogP contribution in [-0.2, 0) is 4.79 Å². The fraction of sp³-hybridized carbons (Fsp3) is 0.647. The van der Waals surface area contributed by atoms with Crippen molar-refractivity contribution >= 4 is 11.7 Å². The molecule has 6 nitrogen and oxygen atoms in total. The van der Waals surface area contributed by atoms with E-state index in [0.717, 1.165) is 51.4 Å². The summed E-state index contributed by atoms with van der Waals surface area (Å²) < 4.78 is 0. The molecular weight excluding hydrogens is 290 g/mol. The van der Waals surface area contributed by atoms with E-state index in [1.165, 1.54) is 0 Å². The number of hydrogen-bond donors (Lipinski definition) is 2. The van der Waals surface area contributed by atoms with Crippen LogP contribution in [0.1, 0.15) is 19.8 Å². The SMILES string of the molecule is CC1NCCCC1NC(=O)CN1CCN(c2ccccn2)CC1. The fourth-order valence-electron chi connectivity index (χ4n) is 3.37. The summed E-state index contributed by atoms with van der Waals surface area (Å²) in [5, 5.41) is 6.61. The van der Waals surface area contributed by atoms with Gasteiger partial charge in [-0.2, -0.15) is 0 Å². The largest absolute Gasteiger partial charge is 0.354 e. The second-order valence-electron chi connectivity index (χ2n) is 6.51. The predicted molar refractivity (Wildman–Crippen MR) is 91.5 cm³/mol. The van der Waals surface area contributed by atoms with Gasteiger partial charge in [0.05, 0.1) is 6.54 Å². The van der Waals surface area contributed by atoms with Gasteiger partial charge < -0.3 is 15.5 Å². The van der Waals surface area contributed by atoms with Gasteiger partial charge in [0.2, 0.25) is 5.91 Å². The van der Waals surface area contributed by atoms with Crippen molar-refractivity contribution in [2.75, 3.05) is 44.2 Å². The Balaban J connectivity index is 1.42. The molecule has 2 unspecified atom stereocenters. The van der Waals surface area contributed by atoms with Crippen molar-refractivity contribution in [2.24, 2.45) is 0 Å². The maximum atomic E-state index is 12.3. The Morgan fingerprint density at radius 2 is 2.17 bits per heavy atom. The van der Waals surface area contributed by atoms with Crippen molar-refractivity contribution in [3.05, 3.63) is 24.4 Å². The van der Waals surface area contributed by atoms with Crippen LogP contribution in [0, 0.1) is 0 Å². The van der Waals surface area contributed by atoms with Crippen molar-refractivity contribution in [3.8, 4) is 0 Å². The zero-order valence-electron chi connectivity index (χ0n) is 13.9. The van der Waals surface area contributed by atoms with E-state index in [4.69, 9.17) is 0 Å². The Labute approximate surface area is 138 Å². The van der Waals surface area contributed by atoms with Gasteiger partial charge >= 0.3 is 0 Å². The molecule has 0 aliphatic carbocycles. The van der Waals surface area contributed by atoms with E-state index in [1.54, 1.807) is 0 Å². The highest BCUT2D eigenvalue weighted by Gasteiger charge is 2.24. The maximum absolute atomic E-state index is 12.3. The molecule has 3 rings (SSSR count). The van der Waals surface area contributed by atoms with Crippen LogP contribution in [-0.4, -0.2) is 67.1 Å². The smallest absolute Gasteiger partial charge is 0.234 e. The first-order valence-corrected chi connectivity index (χ1v) is 8.63. The van der Waals surface area contributed by atoms with Crippen LogP contribution in [0.4, 0.5) is 5.82 Å². The highest BCUT2D eigenvalue weighted by atomic mass is 16.2. The molecule has 126 valence electrons. The number of piperidine rings is 1. The number of hydrogen-bond acceptors (Lipinski definition) is 5. The highest BCUT2D eigenvalue weighted by Crippen LogP contribution is 2.12. The van der Waals surface area contributed by atoms with Gasteiger partial charge in [-0.25, -0.2) is 4.98 Å². The van der Waals surface area contributed by atoms with Gasteiger partial charge in [-0.1, -0.05) is 6.07 Å². The third kappa shape index (κ3) is 4.42. The lowest BCUT2D eigenvalue weighted by Gasteiger charge is -2.36. The number of rotatable bonds is 4. The number of amides is 1. The van der Waals surface area contributed by atoms with Crippen molar-refractivity contribution in [2.45, 2.75) is 31.8 Å². The molecule has 0 aromatic carbocycles. The van der Waals surface area contributed by atoms with E-state index >= 15 is 0 Å². The zero-order valence-corrected chi connectivity index (χ0v) is 13.9. The van der Waals surface area contributed by atoms with Gasteiger partial charge in [0, 0.05) is 44.5 Å². The molecule has 0 bridgehead atoms. The maximum Gasteiger partial charge on any atom is 0.234 e. The van der Waals surface area contributed by atoms with Crippen molar-refractivity contribution in [1.82, 2.24) is 20.5 Å². The second kappa shape index (κ2) is 7.75. The quantitative estimate of drug-likeness (QED) is 0.845. The molecule has 0 saturated carbocycles. The molecule has 2 N–H and O–H groups in total. The van der Waals surface area contributed by atoms with Gasteiger partial charge in [0.25, 0.3) is 0 Å². The average molecular weight is 317 g/mol. The Morgan fingerprint density at radius 3 is 2.87 bits per heavy atom. The van der Waals surface area contributed by atoms with Crippen molar-refractivity contribution in [1.29, 1.82) is 0 Å². The standard InChI is InChI=1S/C17H27N5O/c1-14-15(5-4-8-18-14)20-17(23)13-21-9-11-22(12-10-21)16-6-2-3-7-19-16/h2-3,6-7,14-15,18H,4-5,8-13H2,1H3,(H,20,23). The normalized spacial score (nSPS) is 26.0. The van der Waals surface area contributed by atoms with E-state index in [9.17, 15) is 4.79 Å². The number of nitrogens with one attached hydrogen (secondary N) is 2. The van der Waals surface area contributed by atoms with Crippen LogP contribution in [0.15, 0.2) is 24.4 Å². The van der Waals surface area contributed by atoms with Crippen LogP contribution in [0.3, 0.4) is 0 Å². The van der Waals surface area contributed by atoms with Gasteiger partial charge in [-0.15, -0.1) is 0 Å². The highest BCUT2D eigenvalue weighted by molar-refractivity contribution is 5.78. The summed E-state index contributed by atoms with van der Waals surface area (Å²) in [4.78, 5) is 21.2. The van der Waals surface area contributed by atoms with Gasteiger partial charge in [-0.05, 0) is 38.4 Å². The third-order valence-electron chi connectivity index (χ3n) is 4.82. The molecule has 1 aromatic heterocycles. The van der Waals surface area contributed by atoms with E-state index < -0.39 is 0 Å². The van der Waals surface area contributed by atoms with E-state index in [-0.39, 0.29) is 11.9 Å². The molecule has 0 radical (unpaired) electrons. The van der Waals surface area contributed by atoms with E-state index in [1.807, 2.05) is 24.4 Å². The molecule has 2 fully saturated rings. The van der Waals surface area contributed by atoms with Crippen molar-refractivity contribution < 1.29 is 4.79 Å². The summed E-state index contributed by atoms with van der Waals surface area (Å²) in [5.41, 5.74) is 0. The zero-order chi connectivity index (χ0) is 16.1. The number of carbonyl (C=O) groups excluding carboxylic acids is 1. The summed E-state index contributed by atoms with van der Waals surface area (Å²) in [7, 11) is 0. The van der Waals surface area contributed by atoms with E-state index in [0.29, 0.717) is 12.6 Å². The number of aromatic nitrogens is 1. The number of carbonyl (C=O) groups is 1. The molecule has 2 atom stereocenters. The lowest BCUT2D eigenvalue weighted by molar-refractivity contribution is -0.123. The lowest BCUT2D eigenvalue weighted by Crippen LogP contribution is -2.55. The molecule has 2 aliphatic rings. The van der Waals surface area contributed by atoms with Crippen LogP contribution < -0.4 is 15.5 Å². The lowest BCUT2D eigenvalue weighted by atomic mass is 10.00. The minimum absolute atomic E-state index is 0.150. The number of anilines is 1. The summed E-state index contributed by atoms with van der Waals surface area (Å²) >= 11 is 0. The van der Waals surface area contributed by atoms with Crippen molar-refractivity contribution in [3.63, 3.8) is 0 Å². The molecule has 6 heteroatoms. The molecule has 2 aliphatic heterocycles. The summed E-state index contributed by atoms with van der Waals surface area (Å²) in [6, 6.07) is 6.63. The number of pyridine rings is 1. The number of nitrogens with zero attached hydrogens (tertiary/aromatic N) is 3. The Kier molecular flexibility index (Phi) is 5.46. The molecule has 1 amide bonds. The minimum atomic E-state index is 0.150.